The topological polar surface area (TPSA) is 60.9 Å². The smallest absolute Gasteiger partial charge is 0.264 e. The molecular weight excluding hydrogens is 429 g/mol. The molecule has 0 radical (unpaired) electrons. The van der Waals surface area contributed by atoms with Crippen LogP contribution in [0.3, 0.4) is 0 Å². The summed E-state index contributed by atoms with van der Waals surface area (Å²) >= 11 is 6.25. The van der Waals surface area contributed by atoms with Gasteiger partial charge < -0.3 is 9.80 Å². The van der Waals surface area contributed by atoms with E-state index in [2.05, 4.69) is 4.90 Å². The number of anilines is 1. The molecule has 30 heavy (non-hydrogen) atoms. The molecule has 1 aliphatic rings. The minimum atomic E-state index is -3.95. The van der Waals surface area contributed by atoms with Crippen molar-refractivity contribution in [3.8, 4) is 0 Å². The first-order chi connectivity index (χ1) is 14.1. The molecular formula is C21H25ClFN3O3S. The molecule has 0 unspecified atom stereocenters. The molecule has 9 heteroatoms. The summed E-state index contributed by atoms with van der Waals surface area (Å²) in [4.78, 5) is 16.8. The molecule has 0 spiro atoms. The molecule has 0 aromatic heterocycles. The molecule has 0 N–H and O–H groups in total. The van der Waals surface area contributed by atoms with Crippen molar-refractivity contribution in [3.05, 3.63) is 58.9 Å². The Morgan fingerprint density at radius 1 is 1.07 bits per heavy atom. The lowest BCUT2D eigenvalue weighted by molar-refractivity contribution is 0.0663. The number of piperidine rings is 1. The highest BCUT2D eigenvalue weighted by molar-refractivity contribution is 7.92. The number of rotatable bonds is 5. The van der Waals surface area contributed by atoms with Gasteiger partial charge in [0.2, 0.25) is 0 Å². The quantitative estimate of drug-likeness (QED) is 0.695. The maximum Gasteiger partial charge on any atom is 0.264 e. The van der Waals surface area contributed by atoms with Crippen molar-refractivity contribution in [3.63, 3.8) is 0 Å². The van der Waals surface area contributed by atoms with E-state index in [1.165, 1.54) is 49.5 Å². The molecule has 1 aliphatic heterocycles. The van der Waals surface area contributed by atoms with Gasteiger partial charge in [-0.05, 0) is 69.4 Å². The summed E-state index contributed by atoms with van der Waals surface area (Å²) in [5.74, 6) is -0.736. The first-order valence-corrected chi connectivity index (χ1v) is 11.4. The Bertz CT molecular complexity index is 1020. The van der Waals surface area contributed by atoms with Crippen LogP contribution in [0.2, 0.25) is 5.02 Å². The fraction of sp³-hybridized carbons (Fsp3) is 0.381. The van der Waals surface area contributed by atoms with Crippen LogP contribution in [0, 0.1) is 5.82 Å². The summed E-state index contributed by atoms with van der Waals surface area (Å²) in [5.41, 5.74) is 0.471. The average molecular weight is 454 g/mol. The molecule has 1 saturated heterocycles. The predicted molar refractivity (Wildman–Crippen MR) is 116 cm³/mol. The highest BCUT2D eigenvalue weighted by Gasteiger charge is 2.28. The second-order valence-corrected chi connectivity index (χ2v) is 9.95. The van der Waals surface area contributed by atoms with Crippen LogP contribution in [-0.2, 0) is 10.0 Å². The molecule has 3 rings (SSSR count). The average Bonchev–Trinajstić information content (AvgIpc) is 2.73. The van der Waals surface area contributed by atoms with Gasteiger partial charge in [0.25, 0.3) is 15.9 Å². The Kier molecular flexibility index (Phi) is 6.69. The molecule has 0 saturated carbocycles. The van der Waals surface area contributed by atoms with Gasteiger partial charge in [0.15, 0.2) is 0 Å². The molecule has 2 aromatic rings. The zero-order valence-corrected chi connectivity index (χ0v) is 18.8. The number of hydrogen-bond acceptors (Lipinski definition) is 4. The molecule has 1 fully saturated rings. The summed E-state index contributed by atoms with van der Waals surface area (Å²) in [6, 6.07) is 9.66. The van der Waals surface area contributed by atoms with Crippen LogP contribution >= 0.6 is 11.6 Å². The third-order valence-corrected chi connectivity index (χ3v) is 7.61. The van der Waals surface area contributed by atoms with Gasteiger partial charge >= 0.3 is 0 Å². The largest absolute Gasteiger partial charge is 0.338 e. The maximum absolute atomic E-state index is 13.2. The molecule has 1 amide bonds. The van der Waals surface area contributed by atoms with Crippen LogP contribution in [-0.4, -0.2) is 64.4 Å². The molecule has 1 heterocycles. The van der Waals surface area contributed by atoms with Gasteiger partial charge in [0.05, 0.1) is 21.2 Å². The Balaban J connectivity index is 1.85. The Labute approximate surface area is 181 Å². The van der Waals surface area contributed by atoms with Gasteiger partial charge in [-0.15, -0.1) is 0 Å². The number of sulfonamides is 1. The zero-order valence-electron chi connectivity index (χ0n) is 17.2. The second-order valence-electron chi connectivity index (χ2n) is 7.58. The number of benzene rings is 2. The third kappa shape index (κ3) is 4.61. The van der Waals surface area contributed by atoms with E-state index in [1.54, 1.807) is 4.90 Å². The lowest BCUT2D eigenvalue weighted by Crippen LogP contribution is -2.44. The van der Waals surface area contributed by atoms with Crippen molar-refractivity contribution in [1.82, 2.24) is 9.80 Å². The number of amides is 1. The lowest BCUT2D eigenvalue weighted by Gasteiger charge is -2.35. The van der Waals surface area contributed by atoms with E-state index in [-0.39, 0.29) is 21.4 Å². The number of nitrogens with zero attached hydrogens (tertiary/aromatic N) is 3. The Morgan fingerprint density at radius 2 is 1.67 bits per heavy atom. The number of carbonyl (C=O) groups is 1. The van der Waals surface area contributed by atoms with Crippen LogP contribution in [0.15, 0.2) is 47.4 Å². The van der Waals surface area contributed by atoms with Crippen LogP contribution in [0.1, 0.15) is 23.2 Å². The van der Waals surface area contributed by atoms with Crippen LogP contribution in [0.5, 0.6) is 0 Å². The minimum absolute atomic E-state index is 0.0507. The minimum Gasteiger partial charge on any atom is -0.338 e. The SMILES string of the molecule is CN(C)C1CCN(C(=O)c2cc(S(=O)(=O)N(C)c3ccc(F)cc3)ccc2Cl)CC1. The van der Waals surface area contributed by atoms with E-state index in [0.717, 1.165) is 17.1 Å². The van der Waals surface area contributed by atoms with Crippen LogP contribution < -0.4 is 4.31 Å². The van der Waals surface area contributed by atoms with E-state index >= 15 is 0 Å². The Hall–Kier alpha value is -2.16. The molecule has 0 aliphatic carbocycles. The summed E-state index contributed by atoms with van der Waals surface area (Å²) in [6.07, 6.45) is 1.70. The summed E-state index contributed by atoms with van der Waals surface area (Å²) < 4.78 is 40.3. The monoisotopic (exact) mass is 453 g/mol. The number of carbonyl (C=O) groups excluding carboxylic acids is 1. The molecule has 0 bridgehead atoms. The number of halogens is 2. The Morgan fingerprint density at radius 3 is 2.23 bits per heavy atom. The predicted octanol–water partition coefficient (Wildman–Crippen LogP) is 3.47. The van der Waals surface area contributed by atoms with Gasteiger partial charge in [0, 0.05) is 26.2 Å². The summed E-state index contributed by atoms with van der Waals surface area (Å²) in [5, 5.41) is 0.207. The van der Waals surface area contributed by atoms with Gasteiger partial charge in [-0.3, -0.25) is 9.10 Å². The standard InChI is InChI=1S/C21H25ClFN3O3S/c1-24(2)16-10-12-26(13-11-16)21(27)19-14-18(8-9-20(19)22)30(28,29)25(3)17-6-4-15(23)5-7-17/h4-9,14,16H,10-13H2,1-3H3. The van der Waals surface area contributed by atoms with Crippen molar-refractivity contribution >= 4 is 33.2 Å². The lowest BCUT2D eigenvalue weighted by atomic mass is 10.0. The highest BCUT2D eigenvalue weighted by Crippen LogP contribution is 2.27. The maximum atomic E-state index is 13.2. The molecule has 162 valence electrons. The van der Waals surface area contributed by atoms with Crippen molar-refractivity contribution in [2.75, 3.05) is 38.5 Å². The number of hydrogen-bond donors (Lipinski definition) is 0. The molecule has 2 aromatic carbocycles. The summed E-state index contributed by atoms with van der Waals surface area (Å²) in [6.45, 7) is 1.18. The van der Waals surface area contributed by atoms with E-state index in [1.807, 2.05) is 14.1 Å². The van der Waals surface area contributed by atoms with Gasteiger partial charge in [0.1, 0.15) is 5.82 Å². The summed E-state index contributed by atoms with van der Waals surface area (Å²) in [7, 11) is 1.46. The van der Waals surface area contributed by atoms with Crippen LogP contribution in [0.25, 0.3) is 0 Å². The van der Waals surface area contributed by atoms with Crippen LogP contribution in [0.4, 0.5) is 10.1 Å². The van der Waals surface area contributed by atoms with E-state index in [0.29, 0.717) is 24.8 Å². The zero-order chi connectivity index (χ0) is 22.1. The number of likely N-dealkylation sites (tertiary alicyclic amines) is 1. The van der Waals surface area contributed by atoms with Gasteiger partial charge in [-0.25, -0.2) is 12.8 Å². The first-order valence-electron chi connectivity index (χ1n) is 9.61. The molecule has 6 nitrogen and oxygen atoms in total. The van der Waals surface area contributed by atoms with Gasteiger partial charge in [-0.2, -0.15) is 0 Å². The van der Waals surface area contributed by atoms with E-state index in [4.69, 9.17) is 11.6 Å². The first kappa shape index (κ1) is 22.5. The third-order valence-electron chi connectivity index (χ3n) is 5.50. The van der Waals surface area contributed by atoms with E-state index in [9.17, 15) is 17.6 Å². The van der Waals surface area contributed by atoms with Gasteiger partial charge in [-0.1, -0.05) is 11.6 Å². The van der Waals surface area contributed by atoms with Crippen molar-refractivity contribution in [2.45, 2.75) is 23.8 Å². The normalized spacial score (nSPS) is 15.5. The second kappa shape index (κ2) is 8.91. The highest BCUT2D eigenvalue weighted by atomic mass is 35.5. The fourth-order valence-electron chi connectivity index (χ4n) is 3.53. The van der Waals surface area contributed by atoms with Crippen molar-refractivity contribution < 1.29 is 17.6 Å². The van der Waals surface area contributed by atoms with Crippen molar-refractivity contribution in [2.24, 2.45) is 0 Å². The fourth-order valence-corrected chi connectivity index (χ4v) is 4.95. The molecule has 0 atom stereocenters. The van der Waals surface area contributed by atoms with Crippen molar-refractivity contribution in [1.29, 1.82) is 0 Å². The van der Waals surface area contributed by atoms with E-state index < -0.39 is 15.8 Å².